The van der Waals surface area contributed by atoms with E-state index in [1.165, 1.54) is 0 Å². The number of carboxylic acid groups (broad SMARTS) is 1. The second-order valence-corrected chi connectivity index (χ2v) is 5.92. The van der Waals surface area contributed by atoms with E-state index in [9.17, 15) is 14.7 Å². The Morgan fingerprint density at radius 2 is 2.04 bits per heavy atom. The number of carbonyl (C=O) groups is 2. The van der Waals surface area contributed by atoms with Gasteiger partial charge in [0, 0.05) is 11.6 Å². The number of methoxy groups -OCH3 is 1. The van der Waals surface area contributed by atoms with Crippen molar-refractivity contribution in [2.24, 2.45) is 5.92 Å². The number of nitrogens with zero attached hydrogens (tertiary/aromatic N) is 1. The molecule has 0 aliphatic heterocycles. The Labute approximate surface area is 135 Å². The largest absolute Gasteiger partial charge is 0.496 e. The standard InChI is InChI=1S/C17H22N2O4/c1-11(2)9-13(17(21)22)18-16(20)10-19-8-7-12-14(19)5-4-6-15(12)23-3/h4-8,11,13H,9-10H2,1-3H3,(H,18,20)(H,21,22). The summed E-state index contributed by atoms with van der Waals surface area (Å²) in [6.07, 6.45) is 2.20. The first-order valence-corrected chi connectivity index (χ1v) is 7.56. The summed E-state index contributed by atoms with van der Waals surface area (Å²) >= 11 is 0. The molecule has 2 aromatic rings. The molecule has 0 saturated carbocycles. The lowest BCUT2D eigenvalue weighted by Gasteiger charge is -2.17. The van der Waals surface area contributed by atoms with Gasteiger partial charge in [0.05, 0.1) is 12.6 Å². The molecule has 1 aromatic heterocycles. The van der Waals surface area contributed by atoms with Crippen LogP contribution in [0.2, 0.25) is 0 Å². The molecule has 1 atom stereocenters. The summed E-state index contributed by atoms with van der Waals surface area (Å²) in [7, 11) is 1.60. The lowest BCUT2D eigenvalue weighted by Crippen LogP contribution is -2.43. The number of fused-ring (bicyclic) bond motifs is 1. The van der Waals surface area contributed by atoms with Crippen LogP contribution in [0.5, 0.6) is 5.75 Å². The number of aliphatic carboxylic acids is 1. The molecule has 6 heteroatoms. The summed E-state index contributed by atoms with van der Waals surface area (Å²) < 4.78 is 7.07. The summed E-state index contributed by atoms with van der Waals surface area (Å²) in [5.41, 5.74) is 0.871. The minimum Gasteiger partial charge on any atom is -0.496 e. The van der Waals surface area contributed by atoms with Crippen molar-refractivity contribution in [1.29, 1.82) is 0 Å². The minimum atomic E-state index is -1.01. The number of hydrogen-bond acceptors (Lipinski definition) is 3. The summed E-state index contributed by atoms with van der Waals surface area (Å²) in [4.78, 5) is 23.4. The molecule has 23 heavy (non-hydrogen) atoms. The Bertz CT molecular complexity index is 706. The van der Waals surface area contributed by atoms with Gasteiger partial charge in [-0.3, -0.25) is 4.79 Å². The molecule has 0 fully saturated rings. The first kappa shape index (κ1) is 16.9. The molecule has 0 aliphatic carbocycles. The summed E-state index contributed by atoms with van der Waals surface area (Å²) in [6.45, 7) is 3.92. The Morgan fingerprint density at radius 3 is 2.65 bits per heavy atom. The molecular weight excluding hydrogens is 296 g/mol. The van der Waals surface area contributed by atoms with Crippen molar-refractivity contribution in [3.05, 3.63) is 30.5 Å². The third-order valence-electron chi connectivity index (χ3n) is 3.65. The van der Waals surface area contributed by atoms with Gasteiger partial charge in [-0.1, -0.05) is 19.9 Å². The average molecular weight is 318 g/mol. The smallest absolute Gasteiger partial charge is 0.326 e. The maximum Gasteiger partial charge on any atom is 0.326 e. The molecule has 0 spiro atoms. The van der Waals surface area contributed by atoms with Crippen molar-refractivity contribution in [1.82, 2.24) is 9.88 Å². The van der Waals surface area contributed by atoms with Crippen LogP contribution in [0, 0.1) is 5.92 Å². The first-order valence-electron chi connectivity index (χ1n) is 7.56. The third kappa shape index (κ3) is 4.03. The van der Waals surface area contributed by atoms with E-state index in [4.69, 9.17) is 4.74 Å². The zero-order valence-corrected chi connectivity index (χ0v) is 13.6. The van der Waals surface area contributed by atoms with Crippen molar-refractivity contribution >= 4 is 22.8 Å². The van der Waals surface area contributed by atoms with Crippen molar-refractivity contribution in [3.63, 3.8) is 0 Å². The fourth-order valence-corrected chi connectivity index (χ4v) is 2.60. The van der Waals surface area contributed by atoms with Gasteiger partial charge in [0.1, 0.15) is 18.3 Å². The summed E-state index contributed by atoms with van der Waals surface area (Å²) in [5, 5.41) is 12.7. The molecule has 0 aliphatic rings. The Morgan fingerprint density at radius 1 is 1.30 bits per heavy atom. The highest BCUT2D eigenvalue weighted by Crippen LogP contribution is 2.26. The van der Waals surface area contributed by atoms with Crippen LogP contribution >= 0.6 is 0 Å². The van der Waals surface area contributed by atoms with Crippen molar-refractivity contribution in [3.8, 4) is 5.75 Å². The van der Waals surface area contributed by atoms with Crippen LogP contribution in [-0.4, -0.2) is 34.7 Å². The van der Waals surface area contributed by atoms with Gasteiger partial charge in [0.2, 0.25) is 5.91 Å². The van der Waals surface area contributed by atoms with Crippen molar-refractivity contribution in [2.45, 2.75) is 32.9 Å². The molecule has 0 radical (unpaired) electrons. The number of carboxylic acids is 1. The lowest BCUT2D eigenvalue weighted by atomic mass is 10.0. The first-order chi connectivity index (χ1) is 10.9. The van der Waals surface area contributed by atoms with Gasteiger partial charge in [0.25, 0.3) is 0 Å². The average Bonchev–Trinajstić information content (AvgIpc) is 2.89. The van der Waals surface area contributed by atoms with Gasteiger partial charge in [-0.2, -0.15) is 0 Å². The summed E-state index contributed by atoms with van der Waals surface area (Å²) in [6, 6.07) is 6.63. The van der Waals surface area contributed by atoms with Crippen molar-refractivity contribution in [2.75, 3.05) is 7.11 Å². The van der Waals surface area contributed by atoms with E-state index in [1.54, 1.807) is 17.9 Å². The Hall–Kier alpha value is -2.50. The normalized spacial score (nSPS) is 12.3. The topological polar surface area (TPSA) is 80.6 Å². The molecule has 2 rings (SSSR count). The third-order valence-corrected chi connectivity index (χ3v) is 3.65. The maximum absolute atomic E-state index is 12.2. The SMILES string of the molecule is COc1cccc2c1ccn2CC(=O)NC(CC(C)C)C(=O)O. The second-order valence-electron chi connectivity index (χ2n) is 5.92. The molecule has 0 saturated heterocycles. The Balaban J connectivity index is 2.12. The van der Waals surface area contributed by atoms with E-state index in [-0.39, 0.29) is 18.4 Å². The van der Waals surface area contributed by atoms with Crippen LogP contribution in [0.15, 0.2) is 30.5 Å². The van der Waals surface area contributed by atoms with E-state index < -0.39 is 12.0 Å². The number of carbonyl (C=O) groups excluding carboxylic acids is 1. The fourth-order valence-electron chi connectivity index (χ4n) is 2.60. The molecule has 1 heterocycles. The zero-order chi connectivity index (χ0) is 17.0. The monoisotopic (exact) mass is 318 g/mol. The number of amides is 1. The van der Waals surface area contributed by atoms with Crippen LogP contribution in [0.25, 0.3) is 10.9 Å². The van der Waals surface area contributed by atoms with Crippen LogP contribution in [-0.2, 0) is 16.1 Å². The van der Waals surface area contributed by atoms with E-state index in [0.29, 0.717) is 6.42 Å². The van der Waals surface area contributed by atoms with E-state index in [1.807, 2.05) is 38.1 Å². The van der Waals surface area contributed by atoms with Crippen molar-refractivity contribution < 1.29 is 19.4 Å². The van der Waals surface area contributed by atoms with E-state index in [2.05, 4.69) is 5.32 Å². The van der Waals surface area contributed by atoms with Gasteiger partial charge < -0.3 is 19.7 Å². The molecule has 2 N–H and O–H groups in total. The van der Waals surface area contributed by atoms with Gasteiger partial charge >= 0.3 is 5.97 Å². The lowest BCUT2D eigenvalue weighted by molar-refractivity contribution is -0.142. The van der Waals surface area contributed by atoms with Gasteiger partial charge in [-0.15, -0.1) is 0 Å². The molecule has 6 nitrogen and oxygen atoms in total. The second kappa shape index (κ2) is 7.17. The molecule has 0 bridgehead atoms. The highest BCUT2D eigenvalue weighted by molar-refractivity contribution is 5.89. The molecular formula is C17H22N2O4. The summed E-state index contributed by atoms with van der Waals surface area (Å²) in [5.74, 6) is -0.401. The predicted molar refractivity (Wildman–Crippen MR) is 87.5 cm³/mol. The Kier molecular flexibility index (Phi) is 5.26. The van der Waals surface area contributed by atoms with E-state index >= 15 is 0 Å². The number of aromatic nitrogens is 1. The predicted octanol–water partition coefficient (Wildman–Crippen LogP) is 2.27. The van der Waals surface area contributed by atoms with Crippen LogP contribution in [0.3, 0.4) is 0 Å². The number of nitrogens with one attached hydrogen (secondary N) is 1. The van der Waals surface area contributed by atoms with E-state index in [0.717, 1.165) is 16.7 Å². The minimum absolute atomic E-state index is 0.0680. The van der Waals surface area contributed by atoms with Crippen LogP contribution in [0.1, 0.15) is 20.3 Å². The molecule has 1 amide bonds. The quantitative estimate of drug-likeness (QED) is 0.820. The van der Waals surface area contributed by atoms with Gasteiger partial charge in [-0.05, 0) is 30.5 Å². The van der Waals surface area contributed by atoms with Crippen LogP contribution < -0.4 is 10.1 Å². The van der Waals surface area contributed by atoms with Gasteiger partial charge in [0.15, 0.2) is 0 Å². The molecule has 1 aromatic carbocycles. The number of benzene rings is 1. The number of hydrogen-bond donors (Lipinski definition) is 2. The fraction of sp³-hybridized carbons (Fsp3) is 0.412. The molecule has 124 valence electrons. The zero-order valence-electron chi connectivity index (χ0n) is 13.6. The van der Waals surface area contributed by atoms with Crippen LogP contribution in [0.4, 0.5) is 0 Å². The number of ether oxygens (including phenoxy) is 1. The number of rotatable bonds is 7. The van der Waals surface area contributed by atoms with Gasteiger partial charge in [-0.25, -0.2) is 4.79 Å². The highest BCUT2D eigenvalue weighted by atomic mass is 16.5. The maximum atomic E-state index is 12.2. The highest BCUT2D eigenvalue weighted by Gasteiger charge is 2.21. The molecule has 1 unspecified atom stereocenters.